The quantitative estimate of drug-likeness (QED) is 0.659. The zero-order chi connectivity index (χ0) is 15.8. The van der Waals surface area contributed by atoms with Crippen LogP contribution in [0.4, 0.5) is 15.8 Å². The minimum absolute atomic E-state index is 0.0612. The predicted molar refractivity (Wildman–Crippen MR) is 78.8 cm³/mol. The molecule has 1 aromatic carbocycles. The molecule has 1 saturated carbocycles. The van der Waals surface area contributed by atoms with E-state index in [1.54, 1.807) is 7.11 Å². The van der Waals surface area contributed by atoms with Crippen molar-refractivity contribution >= 4 is 17.3 Å². The molecule has 0 aromatic heterocycles. The fourth-order valence-electron chi connectivity index (χ4n) is 2.70. The summed E-state index contributed by atoms with van der Waals surface area (Å²) in [6, 6.07) is 2.59. The second-order valence-corrected chi connectivity index (χ2v) is 5.89. The lowest BCUT2D eigenvalue weighted by Gasteiger charge is -2.51. The lowest BCUT2D eigenvalue weighted by Crippen LogP contribution is -2.57. The van der Waals surface area contributed by atoms with Gasteiger partial charge >= 0.3 is 5.97 Å². The smallest absolute Gasteiger partial charge is 0.340 e. The van der Waals surface area contributed by atoms with E-state index in [1.807, 2.05) is 0 Å². The highest BCUT2D eigenvalue weighted by Gasteiger charge is 2.48. The van der Waals surface area contributed by atoms with Crippen molar-refractivity contribution in [2.75, 3.05) is 25.3 Å². The molecule has 1 fully saturated rings. The number of anilines is 2. The molecule has 116 valence electrons. The summed E-state index contributed by atoms with van der Waals surface area (Å²) in [5, 5.41) is 3.13. The highest BCUT2D eigenvalue weighted by molar-refractivity contribution is 5.96. The summed E-state index contributed by atoms with van der Waals surface area (Å²) in [5.74, 6) is -1.07. The molecule has 0 amide bonds. The summed E-state index contributed by atoms with van der Waals surface area (Å²) in [6.07, 6.45) is 0.910. The Labute approximate surface area is 123 Å². The van der Waals surface area contributed by atoms with E-state index in [4.69, 9.17) is 10.5 Å². The minimum Gasteiger partial charge on any atom is -0.465 e. The van der Waals surface area contributed by atoms with Crippen molar-refractivity contribution in [2.45, 2.75) is 32.4 Å². The van der Waals surface area contributed by atoms with Gasteiger partial charge in [0, 0.05) is 24.3 Å². The van der Waals surface area contributed by atoms with Crippen molar-refractivity contribution in [3.8, 4) is 0 Å². The number of nitrogens with two attached hydrogens (primary N) is 1. The van der Waals surface area contributed by atoms with Crippen molar-refractivity contribution in [3.63, 3.8) is 0 Å². The summed E-state index contributed by atoms with van der Waals surface area (Å²) >= 11 is 0. The number of nitrogens with one attached hydrogen (secondary N) is 1. The molecular weight excluding hydrogens is 275 g/mol. The van der Waals surface area contributed by atoms with Crippen LogP contribution in [0.5, 0.6) is 0 Å². The molecule has 2 unspecified atom stereocenters. The maximum Gasteiger partial charge on any atom is 0.340 e. The summed E-state index contributed by atoms with van der Waals surface area (Å²) in [4.78, 5) is 11.6. The van der Waals surface area contributed by atoms with Crippen LogP contribution in [0.15, 0.2) is 12.1 Å². The molecule has 0 radical (unpaired) electrons. The summed E-state index contributed by atoms with van der Waals surface area (Å²) in [5.41, 5.74) is 6.00. The number of methoxy groups -OCH3 is 2. The lowest BCUT2D eigenvalue weighted by atomic mass is 9.64. The van der Waals surface area contributed by atoms with Crippen LogP contribution in [0.25, 0.3) is 0 Å². The van der Waals surface area contributed by atoms with E-state index in [0.29, 0.717) is 0 Å². The SMILES string of the molecule is COC(=O)c1cc(NC2CC(OC)C2(C)C)c(F)cc1N. The van der Waals surface area contributed by atoms with E-state index in [0.717, 1.165) is 12.5 Å². The van der Waals surface area contributed by atoms with E-state index < -0.39 is 11.8 Å². The number of esters is 1. The van der Waals surface area contributed by atoms with Crippen molar-refractivity contribution in [3.05, 3.63) is 23.5 Å². The number of carbonyl (C=O) groups is 1. The van der Waals surface area contributed by atoms with Crippen LogP contribution < -0.4 is 11.1 Å². The zero-order valence-corrected chi connectivity index (χ0v) is 12.7. The Hall–Kier alpha value is -1.82. The number of halogens is 1. The van der Waals surface area contributed by atoms with Crippen LogP contribution in [0.3, 0.4) is 0 Å². The van der Waals surface area contributed by atoms with Gasteiger partial charge < -0.3 is 20.5 Å². The van der Waals surface area contributed by atoms with Crippen molar-refractivity contribution in [1.82, 2.24) is 0 Å². The van der Waals surface area contributed by atoms with Crippen LogP contribution in [0, 0.1) is 11.2 Å². The fourth-order valence-corrected chi connectivity index (χ4v) is 2.70. The van der Waals surface area contributed by atoms with Gasteiger partial charge in [0.1, 0.15) is 5.82 Å². The van der Waals surface area contributed by atoms with E-state index in [2.05, 4.69) is 23.9 Å². The van der Waals surface area contributed by atoms with E-state index in [-0.39, 0.29) is 34.5 Å². The van der Waals surface area contributed by atoms with E-state index in [9.17, 15) is 9.18 Å². The third-order valence-electron chi connectivity index (χ3n) is 4.34. The molecule has 1 aliphatic carbocycles. The van der Waals surface area contributed by atoms with Gasteiger partial charge in [0.05, 0.1) is 24.5 Å². The molecule has 2 atom stereocenters. The van der Waals surface area contributed by atoms with Crippen molar-refractivity contribution in [2.24, 2.45) is 5.41 Å². The second kappa shape index (κ2) is 5.52. The topological polar surface area (TPSA) is 73.6 Å². The van der Waals surface area contributed by atoms with Crippen LogP contribution in [0.2, 0.25) is 0 Å². The molecule has 5 nitrogen and oxygen atoms in total. The number of rotatable bonds is 4. The van der Waals surface area contributed by atoms with Gasteiger partial charge in [-0.25, -0.2) is 9.18 Å². The molecule has 0 bridgehead atoms. The summed E-state index contributed by atoms with van der Waals surface area (Å²) in [7, 11) is 2.93. The molecule has 0 heterocycles. The van der Waals surface area contributed by atoms with Gasteiger partial charge in [0.15, 0.2) is 0 Å². The van der Waals surface area contributed by atoms with Crippen LogP contribution >= 0.6 is 0 Å². The zero-order valence-electron chi connectivity index (χ0n) is 12.7. The molecule has 0 aliphatic heterocycles. The highest BCUT2D eigenvalue weighted by atomic mass is 19.1. The number of hydrogen-bond acceptors (Lipinski definition) is 5. The third-order valence-corrected chi connectivity index (χ3v) is 4.34. The first-order valence-electron chi connectivity index (χ1n) is 6.78. The molecule has 1 aliphatic rings. The first-order valence-corrected chi connectivity index (χ1v) is 6.78. The summed E-state index contributed by atoms with van der Waals surface area (Å²) in [6.45, 7) is 4.11. The first kappa shape index (κ1) is 15.6. The molecule has 3 N–H and O–H groups in total. The van der Waals surface area contributed by atoms with Gasteiger partial charge in [0.2, 0.25) is 0 Å². The Morgan fingerprint density at radius 2 is 2.10 bits per heavy atom. The maximum atomic E-state index is 14.0. The average molecular weight is 296 g/mol. The minimum atomic E-state index is -0.585. The third kappa shape index (κ3) is 2.68. The molecule has 1 aromatic rings. The van der Waals surface area contributed by atoms with E-state index >= 15 is 0 Å². The van der Waals surface area contributed by atoms with Crippen LogP contribution in [-0.2, 0) is 9.47 Å². The van der Waals surface area contributed by atoms with E-state index in [1.165, 1.54) is 13.2 Å². The Morgan fingerprint density at radius 3 is 2.62 bits per heavy atom. The van der Waals surface area contributed by atoms with Crippen LogP contribution in [0.1, 0.15) is 30.6 Å². The maximum absolute atomic E-state index is 14.0. The first-order chi connectivity index (χ1) is 9.81. The van der Waals surface area contributed by atoms with Gasteiger partial charge in [-0.15, -0.1) is 0 Å². The molecule has 2 rings (SSSR count). The van der Waals surface area contributed by atoms with Gasteiger partial charge in [-0.1, -0.05) is 13.8 Å². The van der Waals surface area contributed by atoms with Gasteiger partial charge in [0.25, 0.3) is 0 Å². The lowest BCUT2D eigenvalue weighted by molar-refractivity contribution is -0.0795. The van der Waals surface area contributed by atoms with Crippen molar-refractivity contribution in [1.29, 1.82) is 0 Å². The number of hydrogen-bond donors (Lipinski definition) is 2. The molecular formula is C15H21FN2O3. The number of benzene rings is 1. The standard InChI is InChI=1S/C15H21FN2O3/c1-15(2)12(7-13(15)20-3)18-11-5-8(14(19)21-4)10(17)6-9(11)16/h5-6,12-13,18H,7,17H2,1-4H3. The normalized spacial score (nSPS) is 23.3. The Morgan fingerprint density at radius 1 is 1.43 bits per heavy atom. The Bertz CT molecular complexity index is 560. The van der Waals surface area contributed by atoms with Gasteiger partial charge in [-0.05, 0) is 18.6 Å². The Balaban J connectivity index is 2.23. The monoisotopic (exact) mass is 296 g/mol. The largest absolute Gasteiger partial charge is 0.465 e. The predicted octanol–water partition coefficient (Wildman–Crippen LogP) is 2.42. The number of ether oxygens (including phenoxy) is 2. The highest BCUT2D eigenvalue weighted by Crippen LogP contribution is 2.44. The molecule has 21 heavy (non-hydrogen) atoms. The molecule has 0 saturated heterocycles. The molecule has 0 spiro atoms. The van der Waals surface area contributed by atoms with Crippen LogP contribution in [-0.4, -0.2) is 32.3 Å². The molecule has 6 heteroatoms. The number of nitrogen functional groups attached to an aromatic ring is 1. The second-order valence-electron chi connectivity index (χ2n) is 5.89. The summed E-state index contributed by atoms with van der Waals surface area (Å²) < 4.78 is 24.0. The Kier molecular flexibility index (Phi) is 4.09. The number of carbonyl (C=O) groups excluding carboxylic acids is 1. The van der Waals surface area contributed by atoms with Gasteiger partial charge in [-0.3, -0.25) is 0 Å². The fraction of sp³-hybridized carbons (Fsp3) is 0.533. The van der Waals surface area contributed by atoms with Crippen molar-refractivity contribution < 1.29 is 18.7 Å². The van der Waals surface area contributed by atoms with Gasteiger partial charge in [-0.2, -0.15) is 0 Å². The average Bonchev–Trinajstić information content (AvgIpc) is 2.43.